The summed E-state index contributed by atoms with van der Waals surface area (Å²) >= 11 is 0. The van der Waals surface area contributed by atoms with E-state index >= 15 is 0 Å². The van der Waals surface area contributed by atoms with Gasteiger partial charge in [0.1, 0.15) is 0 Å². The van der Waals surface area contributed by atoms with Crippen LogP contribution < -0.4 is 10.5 Å². The minimum absolute atomic E-state index is 0.188. The number of nitrogens with two attached hydrogens (primary N) is 1. The molecule has 0 aliphatic rings. The monoisotopic (exact) mass is 225 g/mol. The molecule has 0 atom stereocenters. The van der Waals surface area contributed by atoms with Crippen LogP contribution in [0.25, 0.3) is 0 Å². The summed E-state index contributed by atoms with van der Waals surface area (Å²) in [6.07, 6.45) is 2.44. The van der Waals surface area contributed by atoms with Gasteiger partial charge in [-0.1, -0.05) is 0 Å². The molecule has 0 bridgehead atoms. The molecule has 0 amide bonds. The minimum Gasteiger partial charge on any atom is -0.477 e. The normalized spacial score (nSPS) is 11.5. The number of aromatic nitrogens is 2. The highest BCUT2D eigenvalue weighted by molar-refractivity contribution is 5.28. The van der Waals surface area contributed by atoms with Gasteiger partial charge in [-0.3, -0.25) is 0 Å². The number of ether oxygens (including phenoxy) is 2. The molecule has 0 saturated heterocycles. The number of nitrogens with zero attached hydrogens (tertiary/aromatic N) is 2. The van der Waals surface area contributed by atoms with Gasteiger partial charge >= 0.3 is 0 Å². The lowest BCUT2D eigenvalue weighted by atomic mass is 10.1. The van der Waals surface area contributed by atoms with Crippen molar-refractivity contribution in [1.29, 1.82) is 0 Å². The summed E-state index contributed by atoms with van der Waals surface area (Å²) in [5, 5.41) is 0. The average Bonchev–Trinajstić information content (AvgIpc) is 2.23. The highest BCUT2D eigenvalue weighted by Crippen LogP contribution is 2.17. The van der Waals surface area contributed by atoms with Crippen molar-refractivity contribution >= 4 is 5.95 Å². The molecule has 1 rings (SSSR count). The number of methoxy groups -OCH3 is 1. The molecule has 5 nitrogen and oxygen atoms in total. The third-order valence-corrected chi connectivity index (χ3v) is 2.44. The molecule has 5 heteroatoms. The Labute approximate surface area is 96.0 Å². The Morgan fingerprint density at radius 1 is 1.44 bits per heavy atom. The fourth-order valence-corrected chi connectivity index (χ4v) is 1.08. The lowest BCUT2D eigenvalue weighted by Gasteiger charge is -2.22. The molecule has 0 aliphatic heterocycles. The Bertz CT molecular complexity index is 353. The van der Waals surface area contributed by atoms with E-state index in [4.69, 9.17) is 15.2 Å². The molecule has 0 spiro atoms. The molecule has 90 valence electrons. The van der Waals surface area contributed by atoms with Crippen molar-refractivity contribution < 1.29 is 9.47 Å². The van der Waals surface area contributed by atoms with Crippen LogP contribution in [0.5, 0.6) is 5.88 Å². The third-order valence-electron chi connectivity index (χ3n) is 2.44. The van der Waals surface area contributed by atoms with Crippen LogP contribution in [0.15, 0.2) is 6.20 Å². The molecule has 0 fully saturated rings. The molecule has 0 aliphatic carbocycles. The largest absolute Gasteiger partial charge is 0.477 e. The lowest BCUT2D eigenvalue weighted by molar-refractivity contribution is 0.00503. The van der Waals surface area contributed by atoms with E-state index in [2.05, 4.69) is 9.97 Å². The predicted molar refractivity (Wildman–Crippen MR) is 62.4 cm³/mol. The number of anilines is 1. The number of rotatable bonds is 5. The maximum Gasteiger partial charge on any atom is 0.223 e. The summed E-state index contributed by atoms with van der Waals surface area (Å²) in [7, 11) is 1.69. The first-order valence-corrected chi connectivity index (χ1v) is 5.22. The first-order chi connectivity index (χ1) is 7.44. The molecule has 1 aromatic heterocycles. The summed E-state index contributed by atoms with van der Waals surface area (Å²) in [4.78, 5) is 7.90. The van der Waals surface area contributed by atoms with Gasteiger partial charge in [0.15, 0.2) is 0 Å². The minimum atomic E-state index is -0.188. The van der Waals surface area contributed by atoms with Crippen molar-refractivity contribution in [2.75, 3.05) is 19.5 Å². The maximum atomic E-state index is 5.54. The second kappa shape index (κ2) is 5.12. The number of hydrogen-bond acceptors (Lipinski definition) is 5. The second-order valence-corrected chi connectivity index (χ2v) is 4.28. The van der Waals surface area contributed by atoms with Gasteiger partial charge in [0.25, 0.3) is 0 Å². The zero-order valence-electron chi connectivity index (χ0n) is 10.3. The van der Waals surface area contributed by atoms with Crippen molar-refractivity contribution in [2.24, 2.45) is 0 Å². The predicted octanol–water partition coefficient (Wildman–Crippen LogP) is 1.56. The first kappa shape index (κ1) is 12.7. The molecule has 0 aromatic carbocycles. The topological polar surface area (TPSA) is 70.3 Å². The molecule has 16 heavy (non-hydrogen) atoms. The van der Waals surface area contributed by atoms with E-state index in [1.165, 1.54) is 0 Å². The summed E-state index contributed by atoms with van der Waals surface area (Å²) in [5.41, 5.74) is 6.18. The van der Waals surface area contributed by atoms with Crippen LogP contribution in [-0.2, 0) is 4.74 Å². The van der Waals surface area contributed by atoms with Crippen molar-refractivity contribution in [3.8, 4) is 5.88 Å². The Morgan fingerprint density at radius 2 is 2.12 bits per heavy atom. The second-order valence-electron chi connectivity index (χ2n) is 4.28. The van der Waals surface area contributed by atoms with E-state index in [0.29, 0.717) is 12.5 Å². The smallest absolute Gasteiger partial charge is 0.223 e. The van der Waals surface area contributed by atoms with E-state index in [0.717, 1.165) is 12.0 Å². The van der Waals surface area contributed by atoms with Gasteiger partial charge in [0.2, 0.25) is 11.8 Å². The zero-order valence-corrected chi connectivity index (χ0v) is 10.3. The van der Waals surface area contributed by atoms with Crippen LogP contribution in [0.2, 0.25) is 0 Å². The van der Waals surface area contributed by atoms with Crippen LogP contribution in [0.3, 0.4) is 0 Å². The lowest BCUT2D eigenvalue weighted by Crippen LogP contribution is -2.25. The van der Waals surface area contributed by atoms with E-state index in [9.17, 15) is 0 Å². The van der Waals surface area contributed by atoms with E-state index in [1.807, 2.05) is 20.8 Å². The summed E-state index contributed by atoms with van der Waals surface area (Å²) in [6.45, 7) is 6.45. The van der Waals surface area contributed by atoms with Gasteiger partial charge in [-0.05, 0) is 20.8 Å². The van der Waals surface area contributed by atoms with Crippen LogP contribution in [0.4, 0.5) is 5.95 Å². The zero-order chi connectivity index (χ0) is 12.2. The van der Waals surface area contributed by atoms with Gasteiger partial charge in [-0.2, -0.15) is 4.98 Å². The van der Waals surface area contributed by atoms with Crippen molar-refractivity contribution in [1.82, 2.24) is 9.97 Å². The third kappa shape index (κ3) is 3.66. The Morgan fingerprint density at radius 3 is 2.75 bits per heavy atom. The standard InChI is InChI=1S/C11H19N3O2/c1-8-7-13-10(12)14-9(8)16-6-5-11(2,3)15-4/h7H,5-6H2,1-4H3,(H2,12,13,14). The fraction of sp³-hybridized carbons (Fsp3) is 0.636. The van der Waals surface area contributed by atoms with Crippen LogP contribution in [0, 0.1) is 6.92 Å². The highest BCUT2D eigenvalue weighted by atomic mass is 16.5. The van der Waals surface area contributed by atoms with E-state index < -0.39 is 0 Å². The van der Waals surface area contributed by atoms with Crippen LogP contribution in [0.1, 0.15) is 25.8 Å². The van der Waals surface area contributed by atoms with Gasteiger partial charge < -0.3 is 15.2 Å². The van der Waals surface area contributed by atoms with Gasteiger partial charge in [0, 0.05) is 25.3 Å². The molecule has 0 radical (unpaired) electrons. The van der Waals surface area contributed by atoms with Gasteiger partial charge in [0.05, 0.1) is 12.2 Å². The summed E-state index contributed by atoms with van der Waals surface area (Å²) < 4.78 is 10.8. The molecule has 0 unspecified atom stereocenters. The molecule has 1 aromatic rings. The van der Waals surface area contributed by atoms with Crippen molar-refractivity contribution in [3.05, 3.63) is 11.8 Å². The molecule has 0 saturated carbocycles. The van der Waals surface area contributed by atoms with Crippen LogP contribution in [-0.4, -0.2) is 29.3 Å². The Kier molecular flexibility index (Phi) is 4.06. The van der Waals surface area contributed by atoms with E-state index in [-0.39, 0.29) is 11.5 Å². The molecule has 1 heterocycles. The number of nitrogen functional groups attached to an aromatic ring is 1. The summed E-state index contributed by atoms with van der Waals surface area (Å²) in [5.74, 6) is 0.769. The van der Waals surface area contributed by atoms with Gasteiger partial charge in [-0.25, -0.2) is 4.98 Å². The molecule has 2 N–H and O–H groups in total. The average molecular weight is 225 g/mol. The van der Waals surface area contributed by atoms with Crippen molar-refractivity contribution in [3.63, 3.8) is 0 Å². The van der Waals surface area contributed by atoms with Crippen LogP contribution >= 0.6 is 0 Å². The fourth-order valence-electron chi connectivity index (χ4n) is 1.08. The first-order valence-electron chi connectivity index (χ1n) is 5.22. The van der Waals surface area contributed by atoms with Crippen molar-refractivity contribution in [2.45, 2.75) is 32.8 Å². The maximum absolute atomic E-state index is 5.54. The highest BCUT2D eigenvalue weighted by Gasteiger charge is 2.16. The Balaban J connectivity index is 2.52. The molecular formula is C11H19N3O2. The summed E-state index contributed by atoms with van der Waals surface area (Å²) in [6, 6.07) is 0. The number of hydrogen-bond donors (Lipinski definition) is 1. The molecular weight excluding hydrogens is 206 g/mol. The van der Waals surface area contributed by atoms with E-state index in [1.54, 1.807) is 13.3 Å². The SMILES string of the molecule is COC(C)(C)CCOc1nc(N)ncc1C. The number of aryl methyl sites for hydroxylation is 1. The quantitative estimate of drug-likeness (QED) is 0.823. The Hall–Kier alpha value is -1.36. The van der Waals surface area contributed by atoms with Gasteiger partial charge in [-0.15, -0.1) is 0 Å².